The SMILES string of the molecule is COc1cc(-c2[nH]nc3c2[C@@H](c2ccccc2Cl)C(C#N)=C(N)O3)cc(OC)c1OC. The Hall–Kier alpha value is -3.83. The second-order valence-electron chi connectivity index (χ2n) is 6.68. The zero-order valence-electron chi connectivity index (χ0n) is 17.0. The summed E-state index contributed by atoms with van der Waals surface area (Å²) in [5, 5.41) is 17.6. The fraction of sp³-hybridized carbons (Fsp3) is 0.182. The summed E-state index contributed by atoms with van der Waals surface area (Å²) in [4.78, 5) is 0. The van der Waals surface area contributed by atoms with E-state index in [1.54, 1.807) is 18.2 Å². The highest BCUT2D eigenvalue weighted by atomic mass is 35.5. The fourth-order valence-electron chi connectivity index (χ4n) is 3.71. The van der Waals surface area contributed by atoms with Crippen molar-refractivity contribution in [1.29, 1.82) is 5.26 Å². The third-order valence-corrected chi connectivity index (χ3v) is 5.45. The first kappa shape index (κ1) is 20.4. The highest BCUT2D eigenvalue weighted by Gasteiger charge is 2.37. The van der Waals surface area contributed by atoms with Crippen molar-refractivity contribution in [3.05, 3.63) is 64.0 Å². The number of nitriles is 1. The second-order valence-corrected chi connectivity index (χ2v) is 7.08. The van der Waals surface area contributed by atoms with Crippen LogP contribution in [0.2, 0.25) is 5.02 Å². The van der Waals surface area contributed by atoms with Crippen molar-refractivity contribution in [2.24, 2.45) is 5.73 Å². The number of aromatic nitrogens is 2. The molecule has 1 aliphatic heterocycles. The van der Waals surface area contributed by atoms with E-state index in [-0.39, 0.29) is 17.3 Å². The van der Waals surface area contributed by atoms with E-state index in [2.05, 4.69) is 16.3 Å². The first-order valence-corrected chi connectivity index (χ1v) is 9.62. The molecule has 2 heterocycles. The molecule has 158 valence electrons. The van der Waals surface area contributed by atoms with Gasteiger partial charge in [0.05, 0.1) is 38.5 Å². The van der Waals surface area contributed by atoms with Crippen molar-refractivity contribution in [3.8, 4) is 40.5 Å². The Morgan fingerprint density at radius 3 is 2.39 bits per heavy atom. The van der Waals surface area contributed by atoms with Gasteiger partial charge in [0.2, 0.25) is 17.5 Å². The summed E-state index contributed by atoms with van der Waals surface area (Å²) in [5.41, 5.74) is 8.94. The molecule has 2 aromatic carbocycles. The molecule has 0 saturated heterocycles. The van der Waals surface area contributed by atoms with Gasteiger partial charge in [0.15, 0.2) is 11.5 Å². The van der Waals surface area contributed by atoms with E-state index in [1.807, 2.05) is 18.2 Å². The molecule has 1 atom stereocenters. The number of rotatable bonds is 5. The van der Waals surface area contributed by atoms with Gasteiger partial charge in [0, 0.05) is 10.6 Å². The van der Waals surface area contributed by atoms with Crippen LogP contribution in [0.4, 0.5) is 0 Å². The van der Waals surface area contributed by atoms with Crippen molar-refractivity contribution in [2.45, 2.75) is 5.92 Å². The third-order valence-electron chi connectivity index (χ3n) is 5.11. The molecular weight excluding hydrogens is 420 g/mol. The van der Waals surface area contributed by atoms with E-state index < -0.39 is 5.92 Å². The molecule has 1 aromatic heterocycles. The molecule has 0 aliphatic carbocycles. The molecule has 31 heavy (non-hydrogen) atoms. The number of methoxy groups -OCH3 is 3. The van der Waals surface area contributed by atoms with Gasteiger partial charge in [0.25, 0.3) is 0 Å². The Kier molecular flexibility index (Phi) is 5.36. The molecule has 0 bridgehead atoms. The summed E-state index contributed by atoms with van der Waals surface area (Å²) >= 11 is 6.49. The van der Waals surface area contributed by atoms with Crippen LogP contribution in [0.15, 0.2) is 47.9 Å². The Morgan fingerprint density at radius 2 is 1.81 bits per heavy atom. The van der Waals surface area contributed by atoms with Gasteiger partial charge in [-0.1, -0.05) is 29.8 Å². The molecule has 3 N–H and O–H groups in total. The third kappa shape index (κ3) is 3.29. The lowest BCUT2D eigenvalue weighted by atomic mass is 9.83. The Morgan fingerprint density at radius 1 is 1.13 bits per heavy atom. The number of H-pyrrole nitrogens is 1. The average molecular weight is 439 g/mol. The van der Waals surface area contributed by atoms with Crippen LogP contribution in [-0.2, 0) is 0 Å². The summed E-state index contributed by atoms with van der Waals surface area (Å²) in [6, 6.07) is 13.0. The summed E-state index contributed by atoms with van der Waals surface area (Å²) in [6.07, 6.45) is 0. The van der Waals surface area contributed by atoms with Gasteiger partial charge in [-0.25, -0.2) is 0 Å². The van der Waals surface area contributed by atoms with E-state index in [0.29, 0.717) is 44.7 Å². The number of nitrogens with one attached hydrogen (secondary N) is 1. The zero-order valence-corrected chi connectivity index (χ0v) is 17.8. The maximum Gasteiger partial charge on any atom is 0.244 e. The molecule has 0 fully saturated rings. The van der Waals surface area contributed by atoms with Gasteiger partial charge in [-0.15, -0.1) is 5.10 Å². The van der Waals surface area contributed by atoms with Crippen LogP contribution in [0, 0.1) is 11.3 Å². The molecule has 0 spiro atoms. The standard InChI is InChI=1S/C22H19ClN4O4/c1-28-15-8-11(9-16(29-2)20(15)30-3)19-18-17(12-6-4-5-7-14(12)23)13(10-24)21(25)31-22(18)27-26-19/h4-9,17H,25H2,1-3H3,(H,26,27)/t17-/m0/s1. The number of nitrogens with two attached hydrogens (primary N) is 1. The number of benzene rings is 2. The summed E-state index contributed by atoms with van der Waals surface area (Å²) < 4.78 is 22.0. The number of hydrogen-bond acceptors (Lipinski definition) is 7. The Balaban J connectivity index is 1.98. The fourth-order valence-corrected chi connectivity index (χ4v) is 3.96. The predicted molar refractivity (Wildman–Crippen MR) is 114 cm³/mol. The van der Waals surface area contributed by atoms with Crippen molar-refractivity contribution >= 4 is 11.6 Å². The normalized spacial score (nSPS) is 15.0. The number of allylic oxidation sites excluding steroid dienone is 1. The number of nitrogens with zero attached hydrogens (tertiary/aromatic N) is 2. The van der Waals surface area contributed by atoms with Crippen molar-refractivity contribution < 1.29 is 18.9 Å². The monoisotopic (exact) mass is 438 g/mol. The molecule has 0 saturated carbocycles. The highest BCUT2D eigenvalue weighted by molar-refractivity contribution is 6.31. The largest absolute Gasteiger partial charge is 0.493 e. The van der Waals surface area contributed by atoms with E-state index >= 15 is 0 Å². The number of halogens is 1. The maximum atomic E-state index is 9.84. The molecule has 0 amide bonds. The molecule has 0 unspecified atom stereocenters. The highest BCUT2D eigenvalue weighted by Crippen LogP contribution is 2.49. The molecule has 4 rings (SSSR count). The molecule has 3 aromatic rings. The topological polar surface area (TPSA) is 115 Å². The first-order chi connectivity index (χ1) is 15.0. The van der Waals surface area contributed by atoms with Crippen LogP contribution in [0.3, 0.4) is 0 Å². The number of aromatic amines is 1. The van der Waals surface area contributed by atoms with Crippen molar-refractivity contribution in [3.63, 3.8) is 0 Å². The Labute approximate surface area is 183 Å². The van der Waals surface area contributed by atoms with Crippen molar-refractivity contribution in [1.82, 2.24) is 10.2 Å². The minimum Gasteiger partial charge on any atom is -0.493 e. The minimum absolute atomic E-state index is 0.0112. The van der Waals surface area contributed by atoms with Crippen molar-refractivity contribution in [2.75, 3.05) is 21.3 Å². The lowest BCUT2D eigenvalue weighted by Gasteiger charge is -2.25. The summed E-state index contributed by atoms with van der Waals surface area (Å²) in [6.45, 7) is 0. The second kappa shape index (κ2) is 8.13. The molecule has 1 aliphatic rings. The molecular formula is C22H19ClN4O4. The van der Waals surface area contributed by atoms with Crippen LogP contribution >= 0.6 is 11.6 Å². The van der Waals surface area contributed by atoms with Crippen LogP contribution in [0.5, 0.6) is 23.1 Å². The number of ether oxygens (including phenoxy) is 4. The van der Waals surface area contributed by atoms with Gasteiger partial charge in [-0.3, -0.25) is 5.10 Å². The quantitative estimate of drug-likeness (QED) is 0.619. The minimum atomic E-state index is -0.574. The van der Waals surface area contributed by atoms with Gasteiger partial charge >= 0.3 is 0 Å². The average Bonchev–Trinajstić information content (AvgIpc) is 3.20. The summed E-state index contributed by atoms with van der Waals surface area (Å²) in [5.74, 6) is 1.09. The summed E-state index contributed by atoms with van der Waals surface area (Å²) in [7, 11) is 4.61. The smallest absolute Gasteiger partial charge is 0.244 e. The zero-order chi connectivity index (χ0) is 22.1. The van der Waals surface area contributed by atoms with E-state index in [4.69, 9.17) is 36.3 Å². The predicted octanol–water partition coefficient (Wildman–Crippen LogP) is 3.97. The van der Waals surface area contributed by atoms with E-state index in [1.165, 1.54) is 21.3 Å². The van der Waals surface area contributed by atoms with Crippen LogP contribution in [0.1, 0.15) is 17.0 Å². The first-order valence-electron chi connectivity index (χ1n) is 9.24. The van der Waals surface area contributed by atoms with Gasteiger partial charge in [0.1, 0.15) is 11.6 Å². The molecule has 0 radical (unpaired) electrons. The molecule has 9 heteroatoms. The number of hydrogen-bond donors (Lipinski definition) is 2. The van der Waals surface area contributed by atoms with Crippen LogP contribution in [0.25, 0.3) is 11.3 Å². The Bertz CT molecular complexity index is 1200. The van der Waals surface area contributed by atoms with Gasteiger partial charge in [-0.2, -0.15) is 5.26 Å². The molecule has 8 nitrogen and oxygen atoms in total. The van der Waals surface area contributed by atoms with E-state index in [0.717, 1.165) is 0 Å². The van der Waals surface area contributed by atoms with E-state index in [9.17, 15) is 5.26 Å². The lowest BCUT2D eigenvalue weighted by molar-refractivity contribution is 0.324. The van der Waals surface area contributed by atoms with Crippen LogP contribution < -0.4 is 24.7 Å². The van der Waals surface area contributed by atoms with Gasteiger partial charge < -0.3 is 24.7 Å². The maximum absolute atomic E-state index is 9.84. The van der Waals surface area contributed by atoms with Crippen LogP contribution in [-0.4, -0.2) is 31.5 Å². The lowest BCUT2D eigenvalue weighted by Crippen LogP contribution is -2.21. The number of fused-ring (bicyclic) bond motifs is 1. The van der Waals surface area contributed by atoms with Gasteiger partial charge in [-0.05, 0) is 23.8 Å².